The second-order valence-electron chi connectivity index (χ2n) is 7.19. The van der Waals surface area contributed by atoms with Crippen LogP contribution in [0.1, 0.15) is 16.8 Å². The Balaban J connectivity index is 1.69. The van der Waals surface area contributed by atoms with E-state index in [2.05, 4.69) is 5.32 Å². The van der Waals surface area contributed by atoms with Gasteiger partial charge in [0.15, 0.2) is 16.4 Å². The SMILES string of the molecule is CN(c1ccccc1)S(=O)(=O)c1ccc(Cl)c(C(=O)OCC(=O)NC2CCS(=O)(=O)C2)c1. The average Bonchev–Trinajstić information content (AvgIpc) is 3.10. The number of benzene rings is 2. The van der Waals surface area contributed by atoms with Crippen LogP contribution < -0.4 is 9.62 Å². The molecule has 1 amide bonds. The van der Waals surface area contributed by atoms with Crippen molar-refractivity contribution in [3.63, 3.8) is 0 Å². The van der Waals surface area contributed by atoms with Crippen LogP contribution >= 0.6 is 11.6 Å². The summed E-state index contributed by atoms with van der Waals surface area (Å²) in [7, 11) is -5.78. The maximum atomic E-state index is 12.9. The van der Waals surface area contributed by atoms with Gasteiger partial charge in [0.1, 0.15) is 0 Å². The molecule has 1 heterocycles. The zero-order chi connectivity index (χ0) is 23.5. The van der Waals surface area contributed by atoms with Gasteiger partial charge in [-0.3, -0.25) is 9.10 Å². The molecule has 0 bridgehead atoms. The van der Waals surface area contributed by atoms with Gasteiger partial charge in [0.25, 0.3) is 15.9 Å². The number of sulfonamides is 1. The average molecular weight is 501 g/mol. The molecule has 1 saturated heterocycles. The summed E-state index contributed by atoms with van der Waals surface area (Å²) in [6.07, 6.45) is 0.294. The molecule has 1 aliphatic heterocycles. The van der Waals surface area contributed by atoms with E-state index in [1.807, 2.05) is 0 Å². The Kier molecular flexibility index (Phi) is 7.11. The normalized spacial score (nSPS) is 17.5. The Hall–Kier alpha value is -2.63. The van der Waals surface area contributed by atoms with Crippen molar-refractivity contribution >= 4 is 49.0 Å². The van der Waals surface area contributed by atoms with Gasteiger partial charge in [-0.1, -0.05) is 29.8 Å². The number of sulfone groups is 1. The third-order valence-electron chi connectivity index (χ3n) is 4.87. The highest BCUT2D eigenvalue weighted by Gasteiger charge is 2.29. The molecule has 0 aromatic heterocycles. The summed E-state index contributed by atoms with van der Waals surface area (Å²) >= 11 is 6.05. The summed E-state index contributed by atoms with van der Waals surface area (Å²) in [6, 6.07) is 11.5. The number of para-hydroxylation sites is 1. The molecule has 2 aromatic rings. The number of esters is 1. The monoisotopic (exact) mass is 500 g/mol. The van der Waals surface area contributed by atoms with Crippen LogP contribution in [0.25, 0.3) is 0 Å². The first kappa shape index (κ1) is 24.0. The fourth-order valence-electron chi connectivity index (χ4n) is 3.14. The number of nitrogens with one attached hydrogen (secondary N) is 1. The number of hydrogen-bond donors (Lipinski definition) is 1. The third-order valence-corrected chi connectivity index (χ3v) is 8.75. The van der Waals surface area contributed by atoms with Crippen LogP contribution in [0.5, 0.6) is 0 Å². The molecule has 12 heteroatoms. The van der Waals surface area contributed by atoms with Crippen molar-refractivity contribution in [2.24, 2.45) is 0 Å². The molecule has 1 fully saturated rings. The lowest BCUT2D eigenvalue weighted by Crippen LogP contribution is -2.38. The Bertz CT molecular complexity index is 1230. The summed E-state index contributed by atoms with van der Waals surface area (Å²) in [5.41, 5.74) is 0.211. The van der Waals surface area contributed by atoms with Crippen molar-refractivity contribution in [2.75, 3.05) is 29.5 Å². The lowest BCUT2D eigenvalue weighted by Gasteiger charge is -2.20. The van der Waals surface area contributed by atoms with E-state index in [0.29, 0.717) is 12.1 Å². The fourth-order valence-corrected chi connectivity index (χ4v) is 6.23. The van der Waals surface area contributed by atoms with E-state index in [0.717, 1.165) is 10.4 Å². The molecule has 9 nitrogen and oxygen atoms in total. The van der Waals surface area contributed by atoms with Gasteiger partial charge in [-0.2, -0.15) is 0 Å². The van der Waals surface area contributed by atoms with Gasteiger partial charge in [-0.25, -0.2) is 21.6 Å². The van der Waals surface area contributed by atoms with Crippen molar-refractivity contribution in [1.82, 2.24) is 5.32 Å². The van der Waals surface area contributed by atoms with Crippen molar-refractivity contribution in [3.05, 3.63) is 59.1 Å². The summed E-state index contributed by atoms with van der Waals surface area (Å²) in [4.78, 5) is 24.2. The van der Waals surface area contributed by atoms with E-state index in [1.165, 1.54) is 19.2 Å². The van der Waals surface area contributed by atoms with Crippen LogP contribution in [-0.2, 0) is 29.4 Å². The summed E-state index contributed by atoms with van der Waals surface area (Å²) < 4.78 is 54.8. The quantitative estimate of drug-likeness (QED) is 0.572. The maximum absolute atomic E-state index is 12.9. The Labute approximate surface area is 191 Å². The Morgan fingerprint density at radius 3 is 2.50 bits per heavy atom. The number of halogens is 1. The van der Waals surface area contributed by atoms with Gasteiger partial charge in [0, 0.05) is 13.1 Å². The van der Waals surface area contributed by atoms with Crippen LogP contribution in [0, 0.1) is 0 Å². The van der Waals surface area contributed by atoms with E-state index >= 15 is 0 Å². The minimum absolute atomic E-state index is 0.00790. The van der Waals surface area contributed by atoms with Gasteiger partial charge in [0.2, 0.25) is 0 Å². The zero-order valence-corrected chi connectivity index (χ0v) is 19.4. The number of hydrogen-bond acceptors (Lipinski definition) is 7. The smallest absolute Gasteiger partial charge is 0.340 e. The van der Waals surface area contributed by atoms with Crippen LogP contribution in [-0.4, -0.2) is 59.9 Å². The van der Waals surface area contributed by atoms with E-state index in [9.17, 15) is 26.4 Å². The van der Waals surface area contributed by atoms with Gasteiger partial charge >= 0.3 is 5.97 Å². The van der Waals surface area contributed by atoms with Crippen molar-refractivity contribution in [1.29, 1.82) is 0 Å². The molecule has 2 aromatic carbocycles. The van der Waals surface area contributed by atoms with E-state index < -0.39 is 44.4 Å². The minimum atomic E-state index is -3.99. The predicted molar refractivity (Wildman–Crippen MR) is 119 cm³/mol. The number of rotatable bonds is 7. The number of anilines is 1. The highest BCUT2D eigenvalue weighted by Crippen LogP contribution is 2.26. The van der Waals surface area contributed by atoms with Gasteiger partial charge in [-0.05, 0) is 36.8 Å². The van der Waals surface area contributed by atoms with Gasteiger partial charge in [0.05, 0.1) is 32.7 Å². The molecule has 1 atom stereocenters. The van der Waals surface area contributed by atoms with Crippen LogP contribution in [0.2, 0.25) is 5.02 Å². The second-order valence-corrected chi connectivity index (χ2v) is 11.8. The number of carbonyl (C=O) groups is 2. The van der Waals surface area contributed by atoms with Crippen LogP contribution in [0.4, 0.5) is 5.69 Å². The number of ether oxygens (including phenoxy) is 1. The number of amides is 1. The molecular weight excluding hydrogens is 480 g/mol. The Morgan fingerprint density at radius 1 is 1.19 bits per heavy atom. The first-order valence-corrected chi connectivity index (χ1v) is 13.1. The molecule has 1 N–H and O–H groups in total. The van der Waals surface area contributed by atoms with Crippen LogP contribution in [0.15, 0.2) is 53.4 Å². The molecule has 0 radical (unpaired) electrons. The van der Waals surface area contributed by atoms with E-state index in [4.69, 9.17) is 16.3 Å². The Morgan fingerprint density at radius 2 is 1.88 bits per heavy atom. The molecule has 3 rings (SSSR count). The summed E-state index contributed by atoms with van der Waals surface area (Å²) in [5.74, 6) is -1.81. The molecular formula is C20H21ClN2O7S2. The standard InChI is InChI=1S/C20H21ClN2O7S2/c1-23(15-5-3-2-4-6-15)32(28,29)16-7-8-18(21)17(11-16)20(25)30-12-19(24)22-14-9-10-31(26,27)13-14/h2-8,11,14H,9-10,12-13H2,1H3,(H,22,24). The highest BCUT2D eigenvalue weighted by molar-refractivity contribution is 7.92. The van der Waals surface area contributed by atoms with E-state index in [1.54, 1.807) is 30.3 Å². The molecule has 32 heavy (non-hydrogen) atoms. The molecule has 172 valence electrons. The molecule has 1 unspecified atom stereocenters. The second kappa shape index (κ2) is 9.47. The number of nitrogens with zero attached hydrogens (tertiary/aromatic N) is 1. The first-order chi connectivity index (χ1) is 15.0. The maximum Gasteiger partial charge on any atom is 0.340 e. The van der Waals surface area contributed by atoms with Crippen molar-refractivity contribution < 1.29 is 31.2 Å². The molecule has 0 saturated carbocycles. The van der Waals surface area contributed by atoms with Crippen molar-refractivity contribution in [2.45, 2.75) is 17.4 Å². The molecule has 0 aliphatic carbocycles. The molecule has 0 spiro atoms. The van der Waals surface area contributed by atoms with Crippen molar-refractivity contribution in [3.8, 4) is 0 Å². The fraction of sp³-hybridized carbons (Fsp3) is 0.300. The van der Waals surface area contributed by atoms with Crippen LogP contribution in [0.3, 0.4) is 0 Å². The predicted octanol–water partition coefficient (Wildman–Crippen LogP) is 1.63. The van der Waals surface area contributed by atoms with Gasteiger partial charge in [-0.15, -0.1) is 0 Å². The lowest BCUT2D eigenvalue weighted by atomic mass is 10.2. The minimum Gasteiger partial charge on any atom is -0.452 e. The number of carbonyl (C=O) groups excluding carboxylic acids is 2. The zero-order valence-electron chi connectivity index (χ0n) is 17.0. The third kappa shape index (κ3) is 5.59. The van der Waals surface area contributed by atoms with Gasteiger partial charge < -0.3 is 10.1 Å². The lowest BCUT2D eigenvalue weighted by molar-refractivity contribution is -0.124. The summed E-state index contributed by atoms with van der Waals surface area (Å²) in [6.45, 7) is -0.660. The molecule has 1 aliphatic rings. The summed E-state index contributed by atoms with van der Waals surface area (Å²) in [5, 5.41) is 2.45. The largest absolute Gasteiger partial charge is 0.452 e. The van der Waals surface area contributed by atoms with E-state index in [-0.39, 0.29) is 27.0 Å². The topological polar surface area (TPSA) is 127 Å². The highest BCUT2D eigenvalue weighted by atomic mass is 35.5. The first-order valence-electron chi connectivity index (χ1n) is 9.50.